The summed E-state index contributed by atoms with van der Waals surface area (Å²) in [6, 6.07) is 16.8. The van der Waals surface area contributed by atoms with Crippen molar-refractivity contribution in [2.24, 2.45) is 0 Å². The number of anilines is 1. The van der Waals surface area contributed by atoms with Crippen molar-refractivity contribution in [2.75, 3.05) is 11.9 Å². The molecule has 0 unspecified atom stereocenters. The van der Waals surface area contributed by atoms with Gasteiger partial charge in [-0.2, -0.15) is 4.31 Å². The molecular weight excluding hydrogens is 434 g/mol. The van der Waals surface area contributed by atoms with Crippen molar-refractivity contribution in [1.29, 1.82) is 0 Å². The number of carbonyl (C=O) groups excluding carboxylic acids is 1. The van der Waals surface area contributed by atoms with Crippen molar-refractivity contribution < 1.29 is 22.0 Å². The number of halogens is 3. The number of rotatable bonds is 7. The SMILES string of the molecule is O=C(CN(Cc1ccc(Cl)cc1)S(=O)(=O)c1ccccc1)Nc1ccc(F)cc1F. The Morgan fingerprint density at radius 3 is 2.27 bits per heavy atom. The fraction of sp³-hybridized carbons (Fsp3) is 0.0952. The maximum Gasteiger partial charge on any atom is 0.243 e. The van der Waals surface area contributed by atoms with Gasteiger partial charge in [-0.15, -0.1) is 0 Å². The first-order chi connectivity index (χ1) is 14.3. The lowest BCUT2D eigenvalue weighted by Crippen LogP contribution is -2.37. The molecule has 0 saturated heterocycles. The Labute approximate surface area is 178 Å². The van der Waals surface area contributed by atoms with Gasteiger partial charge >= 0.3 is 0 Å². The first-order valence-electron chi connectivity index (χ1n) is 8.80. The summed E-state index contributed by atoms with van der Waals surface area (Å²) in [6.45, 7) is -0.676. The Morgan fingerprint density at radius 2 is 1.63 bits per heavy atom. The third kappa shape index (κ3) is 5.41. The second-order valence-corrected chi connectivity index (χ2v) is 8.76. The number of amides is 1. The number of hydrogen-bond donors (Lipinski definition) is 1. The van der Waals surface area contributed by atoms with E-state index in [-0.39, 0.29) is 17.1 Å². The Bertz CT molecular complexity index is 1140. The fourth-order valence-electron chi connectivity index (χ4n) is 2.70. The number of carbonyl (C=O) groups is 1. The van der Waals surface area contributed by atoms with Crippen LogP contribution < -0.4 is 5.32 Å². The number of nitrogens with zero attached hydrogens (tertiary/aromatic N) is 1. The van der Waals surface area contributed by atoms with Gasteiger partial charge in [0.05, 0.1) is 17.1 Å². The van der Waals surface area contributed by atoms with Crippen LogP contribution in [0.4, 0.5) is 14.5 Å². The molecule has 9 heteroatoms. The molecule has 0 bridgehead atoms. The Morgan fingerprint density at radius 1 is 0.967 bits per heavy atom. The van der Waals surface area contributed by atoms with Crippen LogP contribution in [0.5, 0.6) is 0 Å². The van der Waals surface area contributed by atoms with E-state index in [0.717, 1.165) is 16.4 Å². The van der Waals surface area contributed by atoms with Crippen molar-refractivity contribution in [3.05, 3.63) is 95.0 Å². The third-order valence-electron chi connectivity index (χ3n) is 4.18. The van der Waals surface area contributed by atoms with Crippen LogP contribution >= 0.6 is 11.6 Å². The van der Waals surface area contributed by atoms with E-state index in [4.69, 9.17) is 11.6 Å². The lowest BCUT2D eigenvalue weighted by atomic mass is 10.2. The highest BCUT2D eigenvalue weighted by molar-refractivity contribution is 7.89. The van der Waals surface area contributed by atoms with Gasteiger partial charge in [-0.25, -0.2) is 17.2 Å². The van der Waals surface area contributed by atoms with Gasteiger partial charge in [0.15, 0.2) is 0 Å². The lowest BCUT2D eigenvalue weighted by Gasteiger charge is -2.22. The summed E-state index contributed by atoms with van der Waals surface area (Å²) < 4.78 is 54.1. The molecule has 3 aromatic carbocycles. The molecule has 0 saturated carbocycles. The van der Waals surface area contributed by atoms with Crippen LogP contribution in [0.15, 0.2) is 77.7 Å². The van der Waals surface area contributed by atoms with E-state index in [2.05, 4.69) is 5.32 Å². The summed E-state index contributed by atoms with van der Waals surface area (Å²) in [5, 5.41) is 2.77. The minimum Gasteiger partial charge on any atom is -0.322 e. The van der Waals surface area contributed by atoms with E-state index < -0.39 is 34.1 Å². The van der Waals surface area contributed by atoms with Gasteiger partial charge in [-0.1, -0.05) is 41.9 Å². The van der Waals surface area contributed by atoms with Crippen LogP contribution in [-0.2, 0) is 21.4 Å². The van der Waals surface area contributed by atoms with Crippen molar-refractivity contribution in [1.82, 2.24) is 4.31 Å². The first-order valence-corrected chi connectivity index (χ1v) is 10.6. The first kappa shape index (κ1) is 21.9. The average molecular weight is 451 g/mol. The molecule has 3 aromatic rings. The highest BCUT2D eigenvalue weighted by Gasteiger charge is 2.27. The van der Waals surface area contributed by atoms with Crippen LogP contribution in [0, 0.1) is 11.6 Å². The van der Waals surface area contributed by atoms with E-state index in [9.17, 15) is 22.0 Å². The molecule has 5 nitrogen and oxygen atoms in total. The predicted molar refractivity (Wildman–Crippen MR) is 110 cm³/mol. The molecule has 0 aromatic heterocycles. The van der Waals surface area contributed by atoms with Crippen LogP contribution in [0.2, 0.25) is 5.02 Å². The predicted octanol–water partition coefficient (Wildman–Crippen LogP) is 4.45. The number of sulfonamides is 1. The topological polar surface area (TPSA) is 66.5 Å². The number of hydrogen-bond acceptors (Lipinski definition) is 3. The molecule has 0 aliphatic rings. The van der Waals surface area contributed by atoms with E-state index in [1.54, 1.807) is 42.5 Å². The second-order valence-electron chi connectivity index (χ2n) is 6.38. The van der Waals surface area contributed by atoms with E-state index in [0.29, 0.717) is 16.7 Å². The van der Waals surface area contributed by atoms with E-state index in [1.165, 1.54) is 12.1 Å². The Hall–Kier alpha value is -2.81. The van der Waals surface area contributed by atoms with Gasteiger partial charge in [-0.05, 0) is 42.0 Å². The number of nitrogens with one attached hydrogen (secondary N) is 1. The number of benzene rings is 3. The van der Waals surface area contributed by atoms with Gasteiger partial charge in [0.1, 0.15) is 11.6 Å². The van der Waals surface area contributed by atoms with E-state index >= 15 is 0 Å². The molecule has 0 aliphatic heterocycles. The van der Waals surface area contributed by atoms with Crippen molar-refractivity contribution in [3.8, 4) is 0 Å². The zero-order chi connectivity index (χ0) is 21.7. The van der Waals surface area contributed by atoms with Crippen molar-refractivity contribution in [3.63, 3.8) is 0 Å². The summed E-state index contributed by atoms with van der Waals surface area (Å²) in [6.07, 6.45) is 0. The molecule has 0 radical (unpaired) electrons. The summed E-state index contributed by atoms with van der Waals surface area (Å²) in [7, 11) is -4.03. The lowest BCUT2D eigenvalue weighted by molar-refractivity contribution is -0.116. The smallest absolute Gasteiger partial charge is 0.243 e. The van der Waals surface area contributed by atoms with Crippen molar-refractivity contribution >= 4 is 33.2 Å². The van der Waals surface area contributed by atoms with Crippen LogP contribution in [0.1, 0.15) is 5.56 Å². The third-order valence-corrected chi connectivity index (χ3v) is 6.24. The van der Waals surface area contributed by atoms with Gasteiger partial charge in [0.25, 0.3) is 0 Å². The molecule has 0 atom stereocenters. The summed E-state index contributed by atoms with van der Waals surface area (Å²) in [5.41, 5.74) is 0.365. The molecule has 3 rings (SSSR count). The maximum absolute atomic E-state index is 13.8. The Balaban J connectivity index is 1.86. The van der Waals surface area contributed by atoms with Crippen LogP contribution in [-0.4, -0.2) is 25.2 Å². The fourth-order valence-corrected chi connectivity index (χ4v) is 4.23. The monoisotopic (exact) mass is 450 g/mol. The summed E-state index contributed by atoms with van der Waals surface area (Å²) >= 11 is 5.88. The van der Waals surface area contributed by atoms with E-state index in [1.807, 2.05) is 0 Å². The second kappa shape index (κ2) is 9.34. The molecular formula is C21H17ClF2N2O3S. The quantitative estimate of drug-likeness (QED) is 0.578. The zero-order valence-electron chi connectivity index (χ0n) is 15.6. The highest BCUT2D eigenvalue weighted by atomic mass is 35.5. The Kier molecular flexibility index (Phi) is 6.81. The molecule has 30 heavy (non-hydrogen) atoms. The molecule has 0 spiro atoms. The average Bonchev–Trinajstić information content (AvgIpc) is 2.72. The molecule has 1 N–H and O–H groups in total. The van der Waals surface area contributed by atoms with Gasteiger partial charge in [0.2, 0.25) is 15.9 Å². The van der Waals surface area contributed by atoms with Gasteiger partial charge < -0.3 is 5.32 Å². The van der Waals surface area contributed by atoms with Gasteiger partial charge in [0, 0.05) is 17.6 Å². The van der Waals surface area contributed by atoms with Crippen LogP contribution in [0.3, 0.4) is 0 Å². The molecule has 0 fully saturated rings. The minimum absolute atomic E-state index is 0.0136. The normalized spacial score (nSPS) is 11.5. The van der Waals surface area contributed by atoms with Crippen molar-refractivity contribution in [2.45, 2.75) is 11.4 Å². The zero-order valence-corrected chi connectivity index (χ0v) is 17.1. The summed E-state index contributed by atoms with van der Waals surface area (Å²) in [4.78, 5) is 12.5. The molecule has 156 valence electrons. The standard InChI is InChI=1S/C21H17ClF2N2O3S/c22-16-8-6-15(7-9-16)13-26(30(28,29)18-4-2-1-3-5-18)14-21(27)25-20-11-10-17(23)12-19(20)24/h1-12H,13-14H2,(H,25,27). The van der Waals surface area contributed by atoms with Crippen LogP contribution in [0.25, 0.3) is 0 Å². The molecule has 0 heterocycles. The minimum atomic E-state index is -4.03. The maximum atomic E-state index is 13.8. The summed E-state index contributed by atoms with van der Waals surface area (Å²) in [5.74, 6) is -2.52. The largest absolute Gasteiger partial charge is 0.322 e. The highest BCUT2D eigenvalue weighted by Crippen LogP contribution is 2.20. The van der Waals surface area contributed by atoms with Gasteiger partial charge in [-0.3, -0.25) is 4.79 Å². The molecule has 0 aliphatic carbocycles. The molecule has 1 amide bonds.